The Kier molecular flexibility index (Phi) is 4.77. The van der Waals surface area contributed by atoms with E-state index in [1.165, 1.54) is 29.2 Å². The van der Waals surface area contributed by atoms with Gasteiger partial charge in [-0.1, -0.05) is 18.2 Å². The molecule has 1 N–H and O–H groups in total. The predicted octanol–water partition coefficient (Wildman–Crippen LogP) is 2.95. The second kappa shape index (κ2) is 7.61. The van der Waals surface area contributed by atoms with E-state index in [2.05, 4.69) is 10.4 Å². The maximum Gasteiger partial charge on any atom is 0.275 e. The number of hydrogen-bond acceptors (Lipinski definition) is 3. The number of carbonyl (C=O) groups excluding carboxylic acids is 2. The average Bonchev–Trinajstić information content (AvgIpc) is 3.37. The van der Waals surface area contributed by atoms with Crippen LogP contribution in [-0.2, 0) is 17.6 Å². The van der Waals surface area contributed by atoms with Gasteiger partial charge in [-0.2, -0.15) is 5.10 Å². The highest BCUT2D eigenvalue weighted by molar-refractivity contribution is 5.98. The second-order valence-electron chi connectivity index (χ2n) is 7.73. The number of nitrogens with zero attached hydrogens (tertiary/aromatic N) is 3. The summed E-state index contributed by atoms with van der Waals surface area (Å²) in [5.74, 6) is -1.71. The molecule has 6 nitrogen and oxygen atoms in total. The van der Waals surface area contributed by atoms with E-state index in [1.54, 1.807) is 28.9 Å². The first-order chi connectivity index (χ1) is 15.0. The molecule has 2 aromatic carbocycles. The maximum absolute atomic E-state index is 14.5. The molecule has 1 aliphatic carbocycles. The summed E-state index contributed by atoms with van der Waals surface area (Å²) in [6.07, 6.45) is 2.33. The van der Waals surface area contributed by atoms with Gasteiger partial charge in [0.05, 0.1) is 5.69 Å². The lowest BCUT2D eigenvalue weighted by Gasteiger charge is -2.35. The van der Waals surface area contributed by atoms with Gasteiger partial charge in [0.2, 0.25) is 5.91 Å². The van der Waals surface area contributed by atoms with Crippen molar-refractivity contribution in [2.45, 2.75) is 25.3 Å². The van der Waals surface area contributed by atoms with Gasteiger partial charge in [-0.05, 0) is 49.6 Å². The molecule has 5 rings (SSSR count). The van der Waals surface area contributed by atoms with E-state index in [-0.39, 0.29) is 30.2 Å². The maximum atomic E-state index is 14.5. The minimum Gasteiger partial charge on any atom is -0.352 e. The number of piperazine rings is 1. The number of carbonyl (C=O) groups is 2. The number of fused-ring (bicyclic) bond motifs is 1. The zero-order valence-corrected chi connectivity index (χ0v) is 16.6. The van der Waals surface area contributed by atoms with E-state index >= 15 is 0 Å². The first kappa shape index (κ1) is 19.4. The van der Waals surface area contributed by atoms with Gasteiger partial charge >= 0.3 is 0 Å². The second-order valence-corrected chi connectivity index (χ2v) is 7.73. The molecule has 1 unspecified atom stereocenters. The number of hydrogen-bond donors (Lipinski definition) is 1. The monoisotopic (exact) mass is 422 g/mol. The first-order valence-electron chi connectivity index (χ1n) is 10.2. The third-order valence-corrected chi connectivity index (χ3v) is 5.88. The Hall–Kier alpha value is -3.55. The van der Waals surface area contributed by atoms with Gasteiger partial charge < -0.3 is 10.2 Å². The smallest absolute Gasteiger partial charge is 0.275 e. The van der Waals surface area contributed by atoms with Crippen molar-refractivity contribution in [3.05, 3.63) is 82.7 Å². The van der Waals surface area contributed by atoms with Gasteiger partial charge in [0, 0.05) is 29.9 Å². The summed E-state index contributed by atoms with van der Waals surface area (Å²) < 4.78 is 29.5. The molecule has 2 aliphatic rings. The number of rotatable bonds is 3. The predicted molar refractivity (Wildman–Crippen MR) is 109 cm³/mol. The normalized spacial score (nSPS) is 18.1. The van der Waals surface area contributed by atoms with Crippen LogP contribution in [-0.4, -0.2) is 39.6 Å². The van der Waals surface area contributed by atoms with E-state index in [0.29, 0.717) is 12.1 Å². The zero-order chi connectivity index (χ0) is 21.5. The van der Waals surface area contributed by atoms with Gasteiger partial charge in [0.15, 0.2) is 5.69 Å². The molecule has 158 valence electrons. The molecule has 1 aliphatic heterocycles. The summed E-state index contributed by atoms with van der Waals surface area (Å²) in [4.78, 5) is 27.6. The molecule has 31 heavy (non-hydrogen) atoms. The topological polar surface area (TPSA) is 67.2 Å². The van der Waals surface area contributed by atoms with Crippen molar-refractivity contribution < 1.29 is 18.4 Å². The Morgan fingerprint density at radius 2 is 1.84 bits per heavy atom. The van der Waals surface area contributed by atoms with Crippen LogP contribution >= 0.6 is 0 Å². The summed E-state index contributed by atoms with van der Waals surface area (Å²) in [6, 6.07) is 10.9. The lowest BCUT2D eigenvalue weighted by atomic mass is 10.0. The van der Waals surface area contributed by atoms with Crippen molar-refractivity contribution in [1.82, 2.24) is 20.0 Å². The molecule has 8 heteroatoms. The quantitative estimate of drug-likeness (QED) is 0.706. The third kappa shape index (κ3) is 3.28. The number of benzene rings is 2. The van der Waals surface area contributed by atoms with Crippen LogP contribution in [0.5, 0.6) is 0 Å². The Balaban J connectivity index is 1.56. The average molecular weight is 422 g/mol. The molecule has 1 atom stereocenters. The molecule has 2 heterocycles. The van der Waals surface area contributed by atoms with Crippen LogP contribution in [0.4, 0.5) is 8.78 Å². The Bertz CT molecular complexity index is 1170. The molecule has 1 fully saturated rings. The van der Waals surface area contributed by atoms with Crippen LogP contribution in [0.2, 0.25) is 0 Å². The summed E-state index contributed by atoms with van der Waals surface area (Å²) in [5, 5.41) is 7.28. The molecular formula is C23H20F2N4O2. The van der Waals surface area contributed by atoms with Crippen LogP contribution in [0.1, 0.15) is 39.8 Å². The van der Waals surface area contributed by atoms with E-state index in [9.17, 15) is 18.4 Å². The molecule has 1 saturated heterocycles. The fourth-order valence-corrected chi connectivity index (χ4v) is 4.43. The first-order valence-corrected chi connectivity index (χ1v) is 10.2. The Morgan fingerprint density at radius 3 is 2.61 bits per heavy atom. The van der Waals surface area contributed by atoms with Crippen LogP contribution in [0, 0.1) is 11.6 Å². The molecule has 0 saturated carbocycles. The highest BCUT2D eigenvalue weighted by atomic mass is 19.1. The van der Waals surface area contributed by atoms with Gasteiger partial charge in [0.25, 0.3) is 5.91 Å². The summed E-state index contributed by atoms with van der Waals surface area (Å²) in [7, 11) is 0. The lowest BCUT2D eigenvalue weighted by molar-refractivity contribution is -0.128. The van der Waals surface area contributed by atoms with Crippen molar-refractivity contribution in [3.63, 3.8) is 0 Å². The zero-order valence-electron chi connectivity index (χ0n) is 16.6. The van der Waals surface area contributed by atoms with E-state index in [1.807, 2.05) is 0 Å². The van der Waals surface area contributed by atoms with Crippen molar-refractivity contribution in [2.75, 3.05) is 13.1 Å². The Morgan fingerprint density at radius 1 is 1.06 bits per heavy atom. The molecule has 2 amide bonds. The van der Waals surface area contributed by atoms with E-state index < -0.39 is 23.7 Å². The fourth-order valence-electron chi connectivity index (χ4n) is 4.43. The summed E-state index contributed by atoms with van der Waals surface area (Å²) >= 11 is 0. The number of nitrogens with one attached hydrogen (secondary N) is 1. The lowest BCUT2D eigenvalue weighted by Crippen LogP contribution is -2.52. The van der Waals surface area contributed by atoms with Crippen molar-refractivity contribution >= 4 is 11.8 Å². The van der Waals surface area contributed by atoms with Gasteiger partial charge in [-0.25, -0.2) is 13.5 Å². The number of halogens is 2. The summed E-state index contributed by atoms with van der Waals surface area (Å²) in [5.41, 5.74) is 2.85. The standard InChI is InChI=1S/C23H20F2N4O2/c24-14-8-10-15(11-9-14)29-19-7-3-5-17(19)20(27-29)23(31)28-13-12-26-22(30)21(28)16-4-1-2-6-18(16)25/h1-2,4,6,8-11,21H,3,5,7,12-13H2,(H,26,30). The Labute approximate surface area is 177 Å². The van der Waals surface area contributed by atoms with Gasteiger partial charge in [0.1, 0.15) is 17.7 Å². The largest absolute Gasteiger partial charge is 0.352 e. The van der Waals surface area contributed by atoms with Crippen LogP contribution in [0.15, 0.2) is 48.5 Å². The molecule has 0 bridgehead atoms. The van der Waals surface area contributed by atoms with Crippen molar-refractivity contribution in [1.29, 1.82) is 0 Å². The minimum absolute atomic E-state index is 0.155. The van der Waals surface area contributed by atoms with Crippen molar-refractivity contribution in [3.8, 4) is 5.69 Å². The molecule has 0 spiro atoms. The van der Waals surface area contributed by atoms with Crippen LogP contribution in [0.25, 0.3) is 5.69 Å². The molecular weight excluding hydrogens is 402 g/mol. The molecule has 3 aromatic rings. The highest BCUT2D eigenvalue weighted by Crippen LogP contribution is 2.32. The van der Waals surface area contributed by atoms with E-state index in [0.717, 1.165) is 24.1 Å². The molecule has 1 aromatic heterocycles. The van der Waals surface area contributed by atoms with E-state index in [4.69, 9.17) is 0 Å². The SMILES string of the molecule is O=C1NCCN(C(=O)c2nn(-c3ccc(F)cc3)c3c2CCC3)C1c1ccccc1F. The number of amides is 2. The third-order valence-electron chi connectivity index (χ3n) is 5.88. The molecule has 0 radical (unpaired) electrons. The highest BCUT2D eigenvalue weighted by Gasteiger charge is 2.39. The van der Waals surface area contributed by atoms with Crippen LogP contribution < -0.4 is 5.32 Å². The summed E-state index contributed by atoms with van der Waals surface area (Å²) in [6.45, 7) is 0.540. The van der Waals surface area contributed by atoms with Gasteiger partial charge in [-0.15, -0.1) is 0 Å². The number of aromatic nitrogens is 2. The van der Waals surface area contributed by atoms with Gasteiger partial charge in [-0.3, -0.25) is 9.59 Å². The minimum atomic E-state index is -1.06. The van der Waals surface area contributed by atoms with Crippen molar-refractivity contribution in [2.24, 2.45) is 0 Å². The fraction of sp³-hybridized carbons (Fsp3) is 0.261. The van der Waals surface area contributed by atoms with Crippen LogP contribution in [0.3, 0.4) is 0 Å².